The van der Waals surface area contributed by atoms with Crippen LogP contribution in [0, 0.1) is 0 Å². The van der Waals surface area contributed by atoms with Crippen molar-refractivity contribution in [2.75, 3.05) is 12.8 Å². The highest BCUT2D eigenvalue weighted by atomic mass is 32.3. The molecule has 1 aromatic rings. The summed E-state index contributed by atoms with van der Waals surface area (Å²) in [5, 5.41) is 2.48. The largest absolute Gasteiger partial charge is 0.355 e. The maximum atomic E-state index is 12.4. The molecule has 0 saturated carbocycles. The highest BCUT2D eigenvalue weighted by Crippen LogP contribution is 2.12. The predicted octanol–water partition coefficient (Wildman–Crippen LogP) is 0.502. The van der Waals surface area contributed by atoms with Gasteiger partial charge in [-0.05, 0) is 26.0 Å². The van der Waals surface area contributed by atoms with Crippen LogP contribution in [0.4, 0.5) is 0 Å². The number of nitrogens with zero attached hydrogens (tertiary/aromatic N) is 1. The Morgan fingerprint density at radius 2 is 1.81 bits per heavy atom. The lowest BCUT2D eigenvalue weighted by molar-refractivity contribution is -0.122. The fourth-order valence-electron chi connectivity index (χ4n) is 1.53. The Hall–Kier alpha value is -1.45. The topological polar surface area (TPSA) is 105 Å². The Balaban J connectivity index is 3.02. The minimum Gasteiger partial charge on any atom is -0.355 e. The van der Waals surface area contributed by atoms with Crippen LogP contribution < -0.4 is 10.0 Å². The lowest BCUT2D eigenvalue weighted by Crippen LogP contribution is -2.44. The van der Waals surface area contributed by atoms with Gasteiger partial charge in [-0.15, -0.1) is 0 Å². The van der Waals surface area contributed by atoms with Gasteiger partial charge in [0.15, 0.2) is 0 Å². The van der Waals surface area contributed by atoms with Gasteiger partial charge >= 0.3 is 10.2 Å². The van der Waals surface area contributed by atoms with Gasteiger partial charge in [0.05, 0.1) is 15.8 Å². The smallest absolute Gasteiger partial charge is 0.328 e. The first kappa shape index (κ1) is 17.6. The maximum Gasteiger partial charge on any atom is 0.328 e. The summed E-state index contributed by atoms with van der Waals surface area (Å²) in [6.07, 6.45) is 1.23. The van der Waals surface area contributed by atoms with Crippen molar-refractivity contribution >= 4 is 25.8 Å². The molecular formula is C12H19N3O4S2. The molecule has 1 rings (SSSR count). The van der Waals surface area contributed by atoms with E-state index in [1.165, 1.54) is 25.3 Å². The maximum absolute atomic E-state index is 12.4. The first-order valence-electron chi connectivity index (χ1n) is 6.26. The van der Waals surface area contributed by atoms with Crippen LogP contribution in [-0.2, 0) is 24.7 Å². The van der Waals surface area contributed by atoms with Crippen molar-refractivity contribution in [3.8, 4) is 0 Å². The number of carbonyl (C=O) groups is 1. The van der Waals surface area contributed by atoms with Crippen LogP contribution in [0.15, 0.2) is 39.0 Å². The van der Waals surface area contributed by atoms with Gasteiger partial charge in [0, 0.05) is 17.7 Å². The average molecular weight is 333 g/mol. The third-order valence-corrected chi connectivity index (χ3v) is 6.21. The number of rotatable bonds is 6. The standard InChI is InChI=1S/C12H19N3O4S2/c1-4-13-12(16)10(2)14-21(18,19)15-20(3,17)11-8-6-5-7-9-11/h5-10,14H,4H2,1-3H3,(H,13,16)/t10-,20-/m0/s1. The molecule has 0 aliphatic rings. The van der Waals surface area contributed by atoms with Gasteiger partial charge < -0.3 is 5.32 Å². The fourth-order valence-corrected chi connectivity index (χ4v) is 4.76. The molecule has 1 amide bonds. The van der Waals surface area contributed by atoms with Gasteiger partial charge in [0.1, 0.15) is 0 Å². The molecule has 0 unspecified atom stereocenters. The lowest BCUT2D eigenvalue weighted by Gasteiger charge is -2.12. The van der Waals surface area contributed by atoms with Crippen LogP contribution in [-0.4, -0.2) is 37.4 Å². The molecule has 2 atom stereocenters. The van der Waals surface area contributed by atoms with Crippen molar-refractivity contribution in [2.24, 2.45) is 3.77 Å². The molecule has 0 aromatic heterocycles. The van der Waals surface area contributed by atoms with Crippen LogP contribution in [0.3, 0.4) is 0 Å². The van der Waals surface area contributed by atoms with E-state index in [1.807, 2.05) is 0 Å². The molecule has 21 heavy (non-hydrogen) atoms. The van der Waals surface area contributed by atoms with Crippen LogP contribution in [0.5, 0.6) is 0 Å². The van der Waals surface area contributed by atoms with E-state index >= 15 is 0 Å². The minimum atomic E-state index is -4.21. The van der Waals surface area contributed by atoms with Gasteiger partial charge in [-0.25, -0.2) is 4.21 Å². The number of nitrogens with one attached hydrogen (secondary N) is 2. The second-order valence-corrected chi connectivity index (χ2v) is 8.26. The monoisotopic (exact) mass is 333 g/mol. The highest BCUT2D eigenvalue weighted by Gasteiger charge is 2.21. The van der Waals surface area contributed by atoms with Crippen molar-refractivity contribution in [3.63, 3.8) is 0 Å². The Morgan fingerprint density at radius 1 is 1.24 bits per heavy atom. The normalized spacial score (nSPS) is 15.8. The average Bonchev–Trinajstić information content (AvgIpc) is 2.38. The second-order valence-electron chi connectivity index (χ2n) is 4.40. The zero-order valence-electron chi connectivity index (χ0n) is 12.1. The van der Waals surface area contributed by atoms with Gasteiger partial charge in [0.2, 0.25) is 5.91 Å². The fraction of sp³-hybridized carbons (Fsp3) is 0.417. The summed E-state index contributed by atoms with van der Waals surface area (Å²) < 4.78 is 41.7. The van der Waals surface area contributed by atoms with E-state index in [-0.39, 0.29) is 0 Å². The minimum absolute atomic E-state index is 0.307. The Morgan fingerprint density at radius 3 is 2.33 bits per heavy atom. The predicted molar refractivity (Wildman–Crippen MR) is 81.4 cm³/mol. The number of amides is 1. The number of carbonyl (C=O) groups excluding carboxylic acids is 1. The third-order valence-electron chi connectivity index (χ3n) is 2.49. The second kappa shape index (κ2) is 7.01. The first-order chi connectivity index (χ1) is 9.68. The molecular weight excluding hydrogens is 314 g/mol. The van der Waals surface area contributed by atoms with E-state index in [0.29, 0.717) is 11.4 Å². The summed E-state index contributed by atoms with van der Waals surface area (Å²) in [6.45, 7) is 3.49. The van der Waals surface area contributed by atoms with E-state index in [2.05, 4.69) is 13.8 Å². The number of benzene rings is 1. The molecule has 118 valence electrons. The van der Waals surface area contributed by atoms with Crippen LogP contribution in [0.2, 0.25) is 0 Å². The molecule has 0 radical (unpaired) electrons. The Bertz CT molecular complexity index is 707. The van der Waals surface area contributed by atoms with Crippen molar-refractivity contribution in [1.82, 2.24) is 10.0 Å². The summed E-state index contributed by atoms with van der Waals surface area (Å²) in [5.74, 6) is -0.474. The highest BCUT2D eigenvalue weighted by molar-refractivity contribution is 8.02. The van der Waals surface area contributed by atoms with Crippen LogP contribution >= 0.6 is 0 Å². The molecule has 9 heteroatoms. The number of likely N-dealkylation sites (N-methyl/N-ethyl adjacent to an activating group) is 1. The van der Waals surface area contributed by atoms with E-state index in [4.69, 9.17) is 0 Å². The molecule has 1 aromatic carbocycles. The molecule has 0 heterocycles. The number of hydrogen-bond donors (Lipinski definition) is 2. The molecule has 0 spiro atoms. The van der Waals surface area contributed by atoms with E-state index in [0.717, 1.165) is 0 Å². The van der Waals surface area contributed by atoms with Crippen LogP contribution in [0.25, 0.3) is 0 Å². The van der Waals surface area contributed by atoms with E-state index in [9.17, 15) is 17.4 Å². The molecule has 0 saturated heterocycles. The lowest BCUT2D eigenvalue weighted by atomic mass is 10.3. The van der Waals surface area contributed by atoms with E-state index < -0.39 is 31.9 Å². The molecule has 0 aliphatic heterocycles. The Kier molecular flexibility index (Phi) is 5.87. The quantitative estimate of drug-likeness (QED) is 0.791. The summed E-state index contributed by atoms with van der Waals surface area (Å²) in [4.78, 5) is 11.8. The van der Waals surface area contributed by atoms with Crippen molar-refractivity contribution < 1.29 is 17.4 Å². The van der Waals surface area contributed by atoms with Crippen molar-refractivity contribution in [1.29, 1.82) is 0 Å². The van der Waals surface area contributed by atoms with Gasteiger partial charge in [-0.3, -0.25) is 4.79 Å². The van der Waals surface area contributed by atoms with Gasteiger partial charge in [-0.1, -0.05) is 22.0 Å². The summed E-state index contributed by atoms with van der Waals surface area (Å²) >= 11 is 0. The molecule has 2 N–H and O–H groups in total. The van der Waals surface area contributed by atoms with E-state index in [1.54, 1.807) is 25.1 Å². The molecule has 0 fully saturated rings. The summed E-state index contributed by atoms with van der Waals surface area (Å²) in [6, 6.07) is 7.09. The van der Waals surface area contributed by atoms with Gasteiger partial charge in [-0.2, -0.15) is 13.1 Å². The SMILES string of the molecule is CCNC(=O)[C@H](C)NS(=O)(=O)N=[S@@](C)(=O)c1ccccc1. The first-order valence-corrected chi connectivity index (χ1v) is 9.63. The molecule has 0 bridgehead atoms. The molecule has 7 nitrogen and oxygen atoms in total. The Labute approximate surface area is 125 Å². The third kappa shape index (κ3) is 5.44. The summed E-state index contributed by atoms with van der Waals surface area (Å²) in [7, 11) is -7.32. The zero-order chi connectivity index (χ0) is 16.1. The van der Waals surface area contributed by atoms with Crippen molar-refractivity contribution in [2.45, 2.75) is 24.8 Å². The van der Waals surface area contributed by atoms with Crippen LogP contribution in [0.1, 0.15) is 13.8 Å². The van der Waals surface area contributed by atoms with Gasteiger partial charge in [0.25, 0.3) is 0 Å². The summed E-state index contributed by atoms with van der Waals surface area (Å²) in [5.41, 5.74) is 0. The number of hydrogen-bond acceptors (Lipinski definition) is 4. The zero-order valence-corrected chi connectivity index (χ0v) is 13.7. The van der Waals surface area contributed by atoms with Crippen molar-refractivity contribution in [3.05, 3.63) is 30.3 Å². The molecule has 0 aliphatic carbocycles.